The number of hydrogen-bond donors (Lipinski definition) is 1. The van der Waals surface area contributed by atoms with E-state index < -0.39 is 0 Å². The molecule has 0 unspecified atom stereocenters. The molecule has 0 aromatic carbocycles. The predicted molar refractivity (Wildman–Crippen MR) is 78.4 cm³/mol. The Bertz CT molecular complexity index is 571. The number of amides is 1. The van der Waals surface area contributed by atoms with Crippen molar-refractivity contribution in [3.05, 3.63) is 54.1 Å². The molecule has 0 saturated heterocycles. The molecule has 20 heavy (non-hydrogen) atoms. The second-order valence-corrected chi connectivity index (χ2v) is 4.31. The Morgan fingerprint density at radius 1 is 1.30 bits per heavy atom. The highest BCUT2D eigenvalue weighted by Gasteiger charge is 2.17. The molecule has 104 valence electrons. The Hall–Kier alpha value is -2.43. The highest BCUT2D eigenvalue weighted by atomic mass is 16.2. The van der Waals surface area contributed by atoms with Crippen LogP contribution in [0.4, 0.5) is 5.69 Å². The van der Waals surface area contributed by atoms with Crippen molar-refractivity contribution in [2.45, 2.75) is 13.5 Å². The van der Waals surface area contributed by atoms with Crippen molar-refractivity contribution >= 4 is 11.6 Å². The average molecular weight is 270 g/mol. The van der Waals surface area contributed by atoms with Gasteiger partial charge in [-0.05, 0) is 25.1 Å². The highest BCUT2D eigenvalue weighted by molar-refractivity contribution is 5.99. The van der Waals surface area contributed by atoms with Gasteiger partial charge >= 0.3 is 0 Å². The van der Waals surface area contributed by atoms with Crippen LogP contribution in [0.15, 0.2) is 42.9 Å². The van der Waals surface area contributed by atoms with Crippen LogP contribution < -0.4 is 5.32 Å². The monoisotopic (exact) mass is 270 g/mol. The molecule has 0 bridgehead atoms. The van der Waals surface area contributed by atoms with Crippen LogP contribution in [0.5, 0.6) is 0 Å². The fourth-order valence-electron chi connectivity index (χ4n) is 1.96. The minimum Gasteiger partial charge on any atom is -0.386 e. The van der Waals surface area contributed by atoms with Gasteiger partial charge < -0.3 is 10.2 Å². The first-order valence-electron chi connectivity index (χ1n) is 6.57. The maximum atomic E-state index is 12.6. The number of pyridine rings is 2. The van der Waals surface area contributed by atoms with Gasteiger partial charge in [0.25, 0.3) is 5.91 Å². The van der Waals surface area contributed by atoms with Crippen molar-refractivity contribution < 1.29 is 4.79 Å². The lowest BCUT2D eigenvalue weighted by Gasteiger charge is -2.21. The SMILES string of the molecule is CCN(Cc1ccccn1)C(=O)c1ccncc1NC. The number of carbonyl (C=O) groups excluding carboxylic acids is 1. The zero-order chi connectivity index (χ0) is 14.4. The van der Waals surface area contributed by atoms with E-state index in [0.29, 0.717) is 18.7 Å². The molecule has 0 aliphatic carbocycles. The molecule has 0 atom stereocenters. The second-order valence-electron chi connectivity index (χ2n) is 4.31. The quantitative estimate of drug-likeness (QED) is 0.904. The van der Waals surface area contributed by atoms with Crippen LogP contribution in [0.2, 0.25) is 0 Å². The van der Waals surface area contributed by atoms with Gasteiger partial charge in [0.1, 0.15) is 0 Å². The summed E-state index contributed by atoms with van der Waals surface area (Å²) in [5, 5.41) is 2.99. The number of aromatic nitrogens is 2. The average Bonchev–Trinajstić information content (AvgIpc) is 2.53. The van der Waals surface area contributed by atoms with E-state index in [1.807, 2.05) is 25.1 Å². The molecule has 1 N–H and O–H groups in total. The molecule has 0 aliphatic rings. The van der Waals surface area contributed by atoms with Gasteiger partial charge in [0, 0.05) is 26.0 Å². The van der Waals surface area contributed by atoms with Crippen LogP contribution in [0.25, 0.3) is 0 Å². The first-order valence-corrected chi connectivity index (χ1v) is 6.57. The summed E-state index contributed by atoms with van der Waals surface area (Å²) in [4.78, 5) is 22.6. The van der Waals surface area contributed by atoms with Crippen molar-refractivity contribution in [3.8, 4) is 0 Å². The van der Waals surface area contributed by atoms with Crippen molar-refractivity contribution in [2.75, 3.05) is 18.9 Å². The summed E-state index contributed by atoms with van der Waals surface area (Å²) in [5.41, 5.74) is 2.24. The first-order chi connectivity index (χ1) is 9.76. The van der Waals surface area contributed by atoms with Crippen LogP contribution >= 0.6 is 0 Å². The minimum atomic E-state index is -0.0232. The molecule has 5 nitrogen and oxygen atoms in total. The molecule has 0 spiro atoms. The lowest BCUT2D eigenvalue weighted by molar-refractivity contribution is 0.0751. The van der Waals surface area contributed by atoms with Crippen molar-refractivity contribution in [1.29, 1.82) is 0 Å². The molecule has 0 aliphatic heterocycles. The topological polar surface area (TPSA) is 58.1 Å². The molecule has 0 fully saturated rings. The number of nitrogens with one attached hydrogen (secondary N) is 1. The molecular formula is C15H18N4O. The molecule has 5 heteroatoms. The van der Waals surface area contributed by atoms with Crippen LogP contribution in [0, 0.1) is 0 Å². The number of nitrogens with zero attached hydrogens (tertiary/aromatic N) is 3. The maximum absolute atomic E-state index is 12.6. The standard InChI is InChI=1S/C15H18N4O/c1-3-19(11-12-6-4-5-8-18-12)15(20)13-7-9-17-10-14(13)16-2/h4-10,16H,3,11H2,1-2H3. The molecule has 2 rings (SSSR count). The number of anilines is 1. The van der Waals surface area contributed by atoms with Gasteiger partial charge in [-0.3, -0.25) is 14.8 Å². The van der Waals surface area contributed by atoms with Crippen LogP contribution in [-0.2, 0) is 6.54 Å². The summed E-state index contributed by atoms with van der Waals surface area (Å²) in [5.74, 6) is -0.0232. The molecule has 0 saturated carbocycles. The Morgan fingerprint density at radius 3 is 2.80 bits per heavy atom. The molecule has 2 aromatic rings. The van der Waals surface area contributed by atoms with Gasteiger partial charge in [0.15, 0.2) is 0 Å². The number of carbonyl (C=O) groups is 1. The normalized spacial score (nSPS) is 10.1. The van der Waals surface area contributed by atoms with E-state index in [0.717, 1.165) is 11.4 Å². The van der Waals surface area contributed by atoms with Gasteiger partial charge in [-0.2, -0.15) is 0 Å². The van der Waals surface area contributed by atoms with Crippen LogP contribution in [0.1, 0.15) is 23.0 Å². The fourth-order valence-corrected chi connectivity index (χ4v) is 1.96. The van der Waals surface area contributed by atoms with Crippen molar-refractivity contribution in [1.82, 2.24) is 14.9 Å². The van der Waals surface area contributed by atoms with Crippen LogP contribution in [-0.4, -0.2) is 34.4 Å². The highest BCUT2D eigenvalue weighted by Crippen LogP contribution is 2.16. The third kappa shape index (κ3) is 3.12. The summed E-state index contributed by atoms with van der Waals surface area (Å²) in [7, 11) is 1.78. The number of rotatable bonds is 5. The van der Waals surface area contributed by atoms with Gasteiger partial charge in [0.05, 0.1) is 29.7 Å². The summed E-state index contributed by atoms with van der Waals surface area (Å²) < 4.78 is 0. The molecule has 0 radical (unpaired) electrons. The van der Waals surface area contributed by atoms with E-state index in [-0.39, 0.29) is 5.91 Å². The van der Waals surface area contributed by atoms with E-state index >= 15 is 0 Å². The summed E-state index contributed by atoms with van der Waals surface area (Å²) >= 11 is 0. The predicted octanol–water partition coefficient (Wildman–Crippen LogP) is 2.18. The van der Waals surface area contributed by atoms with E-state index in [9.17, 15) is 4.79 Å². The molecular weight excluding hydrogens is 252 g/mol. The van der Waals surface area contributed by atoms with Crippen LogP contribution in [0.3, 0.4) is 0 Å². The fraction of sp³-hybridized carbons (Fsp3) is 0.267. The number of hydrogen-bond acceptors (Lipinski definition) is 4. The summed E-state index contributed by atoms with van der Waals surface area (Å²) in [6.07, 6.45) is 5.02. The maximum Gasteiger partial charge on any atom is 0.256 e. The van der Waals surface area contributed by atoms with Gasteiger partial charge in [-0.15, -0.1) is 0 Å². The molecule has 2 aromatic heterocycles. The van der Waals surface area contributed by atoms with E-state index in [1.165, 1.54) is 0 Å². The first kappa shape index (κ1) is 14.0. The van der Waals surface area contributed by atoms with Gasteiger partial charge in [0.2, 0.25) is 0 Å². The Labute approximate surface area is 118 Å². The Kier molecular flexibility index (Phi) is 4.65. The second kappa shape index (κ2) is 6.65. The lowest BCUT2D eigenvalue weighted by Crippen LogP contribution is -2.31. The molecule has 1 amide bonds. The summed E-state index contributed by atoms with van der Waals surface area (Å²) in [6, 6.07) is 7.44. The van der Waals surface area contributed by atoms with Crippen molar-refractivity contribution in [3.63, 3.8) is 0 Å². The third-order valence-electron chi connectivity index (χ3n) is 3.07. The van der Waals surface area contributed by atoms with Gasteiger partial charge in [-0.1, -0.05) is 6.07 Å². The zero-order valence-electron chi connectivity index (χ0n) is 11.7. The summed E-state index contributed by atoms with van der Waals surface area (Å²) in [6.45, 7) is 3.09. The Balaban J connectivity index is 2.21. The van der Waals surface area contributed by atoms with E-state index in [1.54, 1.807) is 36.6 Å². The van der Waals surface area contributed by atoms with E-state index in [4.69, 9.17) is 0 Å². The smallest absolute Gasteiger partial charge is 0.256 e. The largest absolute Gasteiger partial charge is 0.386 e. The zero-order valence-corrected chi connectivity index (χ0v) is 11.7. The molecule has 2 heterocycles. The minimum absolute atomic E-state index is 0.0232. The van der Waals surface area contributed by atoms with Crippen molar-refractivity contribution in [2.24, 2.45) is 0 Å². The Morgan fingerprint density at radius 2 is 2.15 bits per heavy atom. The lowest BCUT2D eigenvalue weighted by atomic mass is 10.2. The van der Waals surface area contributed by atoms with Gasteiger partial charge in [-0.25, -0.2) is 0 Å². The van der Waals surface area contributed by atoms with E-state index in [2.05, 4.69) is 15.3 Å². The third-order valence-corrected chi connectivity index (χ3v) is 3.07.